The van der Waals surface area contributed by atoms with Crippen LogP contribution in [-0.2, 0) is 0 Å². The van der Waals surface area contributed by atoms with Crippen molar-refractivity contribution in [3.63, 3.8) is 0 Å². The molecule has 0 aliphatic carbocycles. The number of halogens is 3. The van der Waals surface area contributed by atoms with Gasteiger partial charge in [-0.2, -0.15) is 18.2 Å². The van der Waals surface area contributed by atoms with Crippen molar-refractivity contribution in [3.05, 3.63) is 22.8 Å². The number of hydrogen-bond donors (Lipinski definition) is 1. The summed E-state index contributed by atoms with van der Waals surface area (Å²) in [5, 5.41) is 3.29. The van der Waals surface area contributed by atoms with Crippen molar-refractivity contribution in [1.29, 1.82) is 0 Å². The van der Waals surface area contributed by atoms with Crippen LogP contribution in [0.2, 0.25) is 0 Å². The fourth-order valence-corrected chi connectivity index (χ4v) is 1.02. The molecule has 1 N–H and O–H groups in total. The fraction of sp³-hybridized carbons (Fsp3) is 0.250. The predicted octanol–water partition coefficient (Wildman–Crippen LogP) is 0.761. The second kappa shape index (κ2) is 4.47. The van der Waals surface area contributed by atoms with Crippen LogP contribution in [0, 0.1) is 0 Å². The molecule has 0 bridgehead atoms. The SMILES string of the molecule is O=c1[nH]c(-c2nccc(OCC(F)(F)F)n2)no1. The van der Waals surface area contributed by atoms with Crippen molar-refractivity contribution in [2.75, 3.05) is 6.61 Å². The summed E-state index contributed by atoms with van der Waals surface area (Å²) in [6.07, 6.45) is -3.30. The zero-order valence-electron chi connectivity index (χ0n) is 8.56. The molecule has 0 spiro atoms. The van der Waals surface area contributed by atoms with Crippen LogP contribution in [0.15, 0.2) is 21.6 Å². The maximum atomic E-state index is 11.9. The first-order valence-corrected chi connectivity index (χ1v) is 4.53. The number of alkyl halides is 3. The van der Waals surface area contributed by atoms with Crippen LogP contribution in [-0.4, -0.2) is 32.9 Å². The largest absolute Gasteiger partial charge is 0.468 e. The van der Waals surface area contributed by atoms with E-state index in [2.05, 4.69) is 29.4 Å². The van der Waals surface area contributed by atoms with Gasteiger partial charge < -0.3 is 4.74 Å². The van der Waals surface area contributed by atoms with Crippen LogP contribution in [0.5, 0.6) is 5.88 Å². The number of hydrogen-bond acceptors (Lipinski definition) is 6. The molecule has 0 atom stereocenters. The minimum atomic E-state index is -4.46. The number of aromatic nitrogens is 4. The lowest BCUT2D eigenvalue weighted by Crippen LogP contribution is -2.19. The lowest BCUT2D eigenvalue weighted by Gasteiger charge is -2.07. The van der Waals surface area contributed by atoms with E-state index in [0.29, 0.717) is 0 Å². The summed E-state index contributed by atoms with van der Waals surface area (Å²) in [5.41, 5.74) is 0. The summed E-state index contributed by atoms with van der Waals surface area (Å²) in [6.45, 7) is -1.47. The molecule has 7 nitrogen and oxygen atoms in total. The van der Waals surface area contributed by atoms with Gasteiger partial charge in [-0.3, -0.25) is 9.51 Å². The molecule has 2 rings (SSSR count). The van der Waals surface area contributed by atoms with Crippen LogP contribution in [0.25, 0.3) is 11.6 Å². The minimum Gasteiger partial charge on any atom is -0.468 e. The number of nitrogens with one attached hydrogen (secondary N) is 1. The maximum absolute atomic E-state index is 11.9. The maximum Gasteiger partial charge on any atom is 0.439 e. The molecule has 10 heteroatoms. The Balaban J connectivity index is 2.18. The van der Waals surface area contributed by atoms with Gasteiger partial charge in [0.15, 0.2) is 6.61 Å². The van der Waals surface area contributed by atoms with Gasteiger partial charge in [-0.25, -0.2) is 9.78 Å². The van der Waals surface area contributed by atoms with Crippen LogP contribution < -0.4 is 10.5 Å². The van der Waals surface area contributed by atoms with Gasteiger partial charge in [-0.15, -0.1) is 0 Å². The smallest absolute Gasteiger partial charge is 0.439 e. The summed E-state index contributed by atoms with van der Waals surface area (Å²) < 4.78 is 44.4. The van der Waals surface area contributed by atoms with Crippen LogP contribution in [0.3, 0.4) is 0 Å². The topological polar surface area (TPSA) is 93.9 Å². The summed E-state index contributed by atoms with van der Waals surface area (Å²) >= 11 is 0. The Labute approximate surface area is 96.6 Å². The second-order valence-electron chi connectivity index (χ2n) is 3.07. The fourth-order valence-electron chi connectivity index (χ4n) is 1.02. The van der Waals surface area contributed by atoms with Crippen LogP contribution in [0.4, 0.5) is 13.2 Å². The minimum absolute atomic E-state index is 0.0996. The van der Waals surface area contributed by atoms with E-state index in [1.807, 2.05) is 0 Å². The summed E-state index contributed by atoms with van der Waals surface area (Å²) in [5.74, 6) is -1.32. The highest BCUT2D eigenvalue weighted by Crippen LogP contribution is 2.17. The Morgan fingerprint density at radius 2 is 2.22 bits per heavy atom. The first kappa shape index (κ1) is 12.1. The molecule has 0 aliphatic heterocycles. The highest BCUT2D eigenvalue weighted by Gasteiger charge is 2.28. The molecule has 0 fully saturated rings. The van der Waals surface area contributed by atoms with Crippen molar-refractivity contribution in [3.8, 4) is 17.5 Å². The van der Waals surface area contributed by atoms with Gasteiger partial charge in [0, 0.05) is 12.3 Å². The van der Waals surface area contributed by atoms with E-state index in [4.69, 9.17) is 0 Å². The lowest BCUT2D eigenvalue weighted by molar-refractivity contribution is -0.154. The standard InChI is InChI=1S/C8H5F3N4O3/c9-8(10,11)3-17-4-1-2-12-5(13-4)6-14-7(16)18-15-6/h1-2H,3H2,(H,14,15,16). The first-order valence-electron chi connectivity index (χ1n) is 4.53. The number of nitrogens with zero attached hydrogens (tertiary/aromatic N) is 3. The molecule has 18 heavy (non-hydrogen) atoms. The third-order valence-electron chi connectivity index (χ3n) is 1.67. The summed E-state index contributed by atoms with van der Waals surface area (Å²) in [6, 6.07) is 1.15. The third kappa shape index (κ3) is 3.06. The zero-order chi connectivity index (χ0) is 13.2. The van der Waals surface area contributed by atoms with Crippen molar-refractivity contribution in [1.82, 2.24) is 20.1 Å². The average molecular weight is 262 g/mol. The quantitative estimate of drug-likeness (QED) is 0.877. The summed E-state index contributed by atoms with van der Waals surface area (Å²) in [4.78, 5) is 20.2. The third-order valence-corrected chi connectivity index (χ3v) is 1.67. The van der Waals surface area contributed by atoms with E-state index in [0.717, 1.165) is 6.07 Å². The van der Waals surface area contributed by atoms with E-state index >= 15 is 0 Å². The molecule has 0 radical (unpaired) electrons. The Kier molecular flexibility index (Phi) is 3.00. The van der Waals surface area contributed by atoms with Crippen LogP contribution >= 0.6 is 0 Å². The molecule has 0 amide bonds. The summed E-state index contributed by atoms with van der Waals surface area (Å²) in [7, 11) is 0. The molecule has 2 aromatic heterocycles. The van der Waals surface area contributed by atoms with E-state index in [1.165, 1.54) is 6.20 Å². The molecule has 0 unspecified atom stereocenters. The van der Waals surface area contributed by atoms with Gasteiger partial charge in [0.2, 0.25) is 17.5 Å². The van der Waals surface area contributed by atoms with Gasteiger partial charge >= 0.3 is 11.9 Å². The van der Waals surface area contributed by atoms with Gasteiger partial charge in [-0.05, 0) is 0 Å². The molecule has 0 saturated heterocycles. The van der Waals surface area contributed by atoms with Gasteiger partial charge in [0.05, 0.1) is 0 Å². The van der Waals surface area contributed by atoms with E-state index < -0.39 is 18.5 Å². The Morgan fingerprint density at radius 3 is 2.83 bits per heavy atom. The molecular weight excluding hydrogens is 257 g/mol. The number of H-pyrrole nitrogens is 1. The van der Waals surface area contributed by atoms with E-state index in [1.54, 1.807) is 0 Å². The van der Waals surface area contributed by atoms with Crippen LogP contribution in [0.1, 0.15) is 0 Å². The second-order valence-corrected chi connectivity index (χ2v) is 3.07. The molecule has 2 aromatic rings. The van der Waals surface area contributed by atoms with Gasteiger partial charge in [-0.1, -0.05) is 5.16 Å². The predicted molar refractivity (Wildman–Crippen MR) is 49.7 cm³/mol. The lowest BCUT2D eigenvalue weighted by atomic mass is 10.5. The Morgan fingerprint density at radius 1 is 1.44 bits per heavy atom. The Bertz CT molecular complexity index is 592. The number of rotatable bonds is 3. The van der Waals surface area contributed by atoms with E-state index in [-0.39, 0.29) is 17.5 Å². The molecule has 96 valence electrons. The van der Waals surface area contributed by atoms with Crippen molar-refractivity contribution < 1.29 is 22.4 Å². The molecule has 2 heterocycles. The average Bonchev–Trinajstić information content (AvgIpc) is 2.73. The van der Waals surface area contributed by atoms with Gasteiger partial charge in [0.25, 0.3) is 0 Å². The number of ether oxygens (including phenoxy) is 1. The van der Waals surface area contributed by atoms with Crippen molar-refractivity contribution in [2.24, 2.45) is 0 Å². The Hall–Kier alpha value is -2.39. The van der Waals surface area contributed by atoms with Crippen molar-refractivity contribution >= 4 is 0 Å². The molecule has 0 aliphatic rings. The molecule has 0 saturated carbocycles. The highest BCUT2D eigenvalue weighted by atomic mass is 19.4. The number of aromatic amines is 1. The first-order chi connectivity index (χ1) is 8.44. The highest BCUT2D eigenvalue weighted by molar-refractivity contribution is 5.41. The molecular formula is C8H5F3N4O3. The monoisotopic (exact) mass is 262 g/mol. The molecule has 0 aromatic carbocycles. The van der Waals surface area contributed by atoms with Gasteiger partial charge in [0.1, 0.15) is 0 Å². The zero-order valence-corrected chi connectivity index (χ0v) is 8.56. The normalized spacial score (nSPS) is 11.5. The van der Waals surface area contributed by atoms with E-state index in [9.17, 15) is 18.0 Å². The van der Waals surface area contributed by atoms with Crippen molar-refractivity contribution in [2.45, 2.75) is 6.18 Å².